The number of halogens is 1. The smallest absolute Gasteiger partial charge is 0.338 e. The van der Waals surface area contributed by atoms with E-state index < -0.39 is 10.8 Å². The number of nitrogens with two attached hydrogens (primary N) is 1. The molecule has 6 nitrogen and oxygen atoms in total. The van der Waals surface area contributed by atoms with Gasteiger partial charge in [-0.25, -0.2) is 10.0 Å². The SMILES string of the molecule is C[N+]([O-])(O)c1cc(Br)c(N)c(C(=O)O)c1. The molecule has 0 fully saturated rings. The molecule has 15 heavy (non-hydrogen) atoms. The second-order valence-corrected chi connectivity index (χ2v) is 3.93. The van der Waals surface area contributed by atoms with Gasteiger partial charge in [0, 0.05) is 16.6 Å². The normalized spacial score (nSPS) is 14.7. The summed E-state index contributed by atoms with van der Waals surface area (Å²) in [5.41, 5.74) is 5.15. The first-order chi connectivity index (χ1) is 6.73. The molecule has 1 unspecified atom stereocenters. The number of carboxylic acid groups (broad SMARTS) is 1. The van der Waals surface area contributed by atoms with Gasteiger partial charge in [0.05, 0.1) is 11.3 Å². The molecular weight excluding hydrogens is 268 g/mol. The maximum absolute atomic E-state index is 11.2. The molecule has 0 saturated heterocycles. The highest BCUT2D eigenvalue weighted by Crippen LogP contribution is 2.31. The average molecular weight is 277 g/mol. The van der Waals surface area contributed by atoms with Gasteiger partial charge in [0.25, 0.3) is 0 Å². The summed E-state index contributed by atoms with van der Waals surface area (Å²) in [6.07, 6.45) is 0. The predicted octanol–water partition coefficient (Wildman–Crippen LogP) is 1.55. The highest BCUT2D eigenvalue weighted by Gasteiger charge is 2.19. The van der Waals surface area contributed by atoms with Crippen LogP contribution in [0.25, 0.3) is 0 Å². The molecule has 0 bridgehead atoms. The first-order valence-electron chi connectivity index (χ1n) is 3.86. The Morgan fingerprint density at radius 3 is 2.53 bits per heavy atom. The zero-order chi connectivity index (χ0) is 11.8. The predicted molar refractivity (Wildman–Crippen MR) is 58.4 cm³/mol. The lowest BCUT2D eigenvalue weighted by molar-refractivity contribution is -0.00447. The Labute approximate surface area is 93.8 Å². The number of nitrogen functional groups attached to an aromatic ring is 1. The lowest BCUT2D eigenvalue weighted by Gasteiger charge is -2.28. The number of quaternary nitrogens is 1. The fourth-order valence-corrected chi connectivity index (χ4v) is 1.47. The second-order valence-electron chi connectivity index (χ2n) is 3.07. The third kappa shape index (κ3) is 2.45. The first-order valence-corrected chi connectivity index (χ1v) is 4.66. The van der Waals surface area contributed by atoms with E-state index in [1.165, 1.54) is 6.07 Å². The number of hydrogen-bond acceptors (Lipinski definition) is 4. The lowest BCUT2D eigenvalue weighted by atomic mass is 10.1. The van der Waals surface area contributed by atoms with Crippen LogP contribution < -0.4 is 10.5 Å². The van der Waals surface area contributed by atoms with E-state index in [0.29, 0.717) is 0 Å². The summed E-state index contributed by atoms with van der Waals surface area (Å²) in [7, 11) is 0.962. The van der Waals surface area contributed by atoms with Crippen LogP contribution in [0.1, 0.15) is 10.4 Å². The van der Waals surface area contributed by atoms with Crippen molar-refractivity contribution in [3.05, 3.63) is 27.4 Å². The van der Waals surface area contributed by atoms with E-state index in [0.717, 1.165) is 13.1 Å². The lowest BCUT2D eigenvalue weighted by Crippen LogP contribution is -2.33. The highest BCUT2D eigenvalue weighted by molar-refractivity contribution is 9.10. The minimum atomic E-state index is -1.71. The Balaban J connectivity index is 3.43. The van der Waals surface area contributed by atoms with Crippen LogP contribution in [-0.4, -0.2) is 23.3 Å². The van der Waals surface area contributed by atoms with Gasteiger partial charge in [-0.15, -0.1) is 0 Å². The van der Waals surface area contributed by atoms with Crippen molar-refractivity contribution in [2.45, 2.75) is 0 Å². The molecule has 0 radical (unpaired) electrons. The zero-order valence-electron chi connectivity index (χ0n) is 7.77. The van der Waals surface area contributed by atoms with Crippen molar-refractivity contribution in [2.24, 2.45) is 0 Å². The van der Waals surface area contributed by atoms with Crippen molar-refractivity contribution in [1.29, 1.82) is 0 Å². The van der Waals surface area contributed by atoms with Crippen LogP contribution >= 0.6 is 15.9 Å². The number of carbonyl (C=O) groups is 1. The van der Waals surface area contributed by atoms with Crippen LogP contribution in [0.5, 0.6) is 0 Å². The molecule has 0 amide bonds. The van der Waals surface area contributed by atoms with Crippen molar-refractivity contribution in [1.82, 2.24) is 4.81 Å². The van der Waals surface area contributed by atoms with E-state index in [4.69, 9.17) is 16.0 Å². The molecule has 0 aliphatic carbocycles. The Kier molecular flexibility index (Phi) is 3.00. The number of carboxylic acids is 1. The van der Waals surface area contributed by atoms with Crippen LogP contribution in [0, 0.1) is 5.21 Å². The summed E-state index contributed by atoms with van der Waals surface area (Å²) >= 11 is 3.01. The van der Waals surface area contributed by atoms with Crippen molar-refractivity contribution in [2.75, 3.05) is 12.8 Å². The van der Waals surface area contributed by atoms with E-state index in [1.54, 1.807) is 0 Å². The van der Waals surface area contributed by atoms with Crippen molar-refractivity contribution >= 4 is 33.3 Å². The molecular formula is C8H9BrN2O4. The van der Waals surface area contributed by atoms with Crippen molar-refractivity contribution in [3.63, 3.8) is 0 Å². The third-order valence-corrected chi connectivity index (χ3v) is 2.48. The van der Waals surface area contributed by atoms with Crippen LogP contribution in [0.3, 0.4) is 0 Å². The van der Waals surface area contributed by atoms with E-state index in [1.807, 2.05) is 0 Å². The minimum absolute atomic E-state index is 0.0136. The molecule has 82 valence electrons. The first kappa shape index (κ1) is 11.9. The molecule has 0 aromatic heterocycles. The average Bonchev–Trinajstić information content (AvgIpc) is 2.06. The minimum Gasteiger partial charge on any atom is -0.593 e. The number of rotatable bonds is 2. The van der Waals surface area contributed by atoms with Gasteiger partial charge >= 0.3 is 5.97 Å². The van der Waals surface area contributed by atoms with E-state index >= 15 is 0 Å². The third-order valence-electron chi connectivity index (χ3n) is 1.82. The molecule has 0 heterocycles. The van der Waals surface area contributed by atoms with Crippen molar-refractivity contribution < 1.29 is 15.1 Å². The Bertz CT molecular complexity index is 414. The van der Waals surface area contributed by atoms with Gasteiger partial charge < -0.3 is 16.0 Å². The highest BCUT2D eigenvalue weighted by atomic mass is 79.9. The Morgan fingerprint density at radius 2 is 2.13 bits per heavy atom. The van der Waals surface area contributed by atoms with Gasteiger partial charge in [-0.05, 0) is 15.9 Å². The second kappa shape index (κ2) is 3.78. The standard InChI is InChI=1S/C8H9BrN2O4/c1-11(14,15)4-2-5(8(12)13)7(10)6(9)3-4/h2-3,14H,10H2,1H3,(H,12,13). The summed E-state index contributed by atoms with van der Waals surface area (Å²) in [5.74, 6) is -1.26. The molecule has 7 heteroatoms. The molecule has 0 saturated carbocycles. The Hall–Kier alpha value is -1.15. The van der Waals surface area contributed by atoms with Gasteiger partial charge in [0.1, 0.15) is 7.05 Å². The maximum atomic E-state index is 11.2. The molecule has 0 aliphatic rings. The molecule has 1 aromatic rings. The van der Waals surface area contributed by atoms with E-state index in [-0.39, 0.29) is 21.4 Å². The fraction of sp³-hybridized carbons (Fsp3) is 0.125. The monoisotopic (exact) mass is 276 g/mol. The fourth-order valence-electron chi connectivity index (χ4n) is 1.02. The van der Waals surface area contributed by atoms with E-state index in [9.17, 15) is 10.0 Å². The molecule has 0 spiro atoms. The zero-order valence-corrected chi connectivity index (χ0v) is 9.35. The maximum Gasteiger partial charge on any atom is 0.338 e. The molecule has 1 atom stereocenters. The summed E-state index contributed by atoms with van der Waals surface area (Å²) < 4.78 is 0.256. The number of nitrogens with zero attached hydrogens (tertiary/aromatic N) is 1. The number of hydrogen-bond donors (Lipinski definition) is 3. The number of benzene rings is 1. The van der Waals surface area contributed by atoms with Gasteiger partial charge in [0.2, 0.25) is 0 Å². The number of aromatic carboxylic acids is 1. The summed E-state index contributed by atoms with van der Waals surface area (Å²) in [6, 6.07) is 2.31. The molecule has 0 aliphatic heterocycles. The molecule has 1 rings (SSSR count). The van der Waals surface area contributed by atoms with Gasteiger partial charge in [-0.2, -0.15) is 4.81 Å². The van der Waals surface area contributed by atoms with Crippen LogP contribution in [0.4, 0.5) is 11.4 Å². The van der Waals surface area contributed by atoms with Crippen LogP contribution in [0.15, 0.2) is 16.6 Å². The van der Waals surface area contributed by atoms with Gasteiger partial charge in [-0.1, -0.05) is 0 Å². The molecule has 4 N–H and O–H groups in total. The van der Waals surface area contributed by atoms with E-state index in [2.05, 4.69) is 15.9 Å². The van der Waals surface area contributed by atoms with Crippen molar-refractivity contribution in [3.8, 4) is 0 Å². The van der Waals surface area contributed by atoms with Gasteiger partial charge in [0.15, 0.2) is 5.69 Å². The largest absolute Gasteiger partial charge is 0.593 e. The molecule has 1 aromatic carbocycles. The summed E-state index contributed by atoms with van der Waals surface area (Å²) in [4.78, 5) is 9.05. The topological polar surface area (TPSA) is 107 Å². The van der Waals surface area contributed by atoms with Crippen LogP contribution in [0.2, 0.25) is 0 Å². The summed E-state index contributed by atoms with van der Waals surface area (Å²) in [5, 5.41) is 29.1. The van der Waals surface area contributed by atoms with Gasteiger partial charge in [-0.3, -0.25) is 0 Å². The number of anilines is 1. The summed E-state index contributed by atoms with van der Waals surface area (Å²) in [6.45, 7) is 0. The Morgan fingerprint density at radius 1 is 1.60 bits per heavy atom. The number of hydroxylamine groups is 2. The van der Waals surface area contributed by atoms with Crippen LogP contribution in [-0.2, 0) is 0 Å². The quantitative estimate of drug-likeness (QED) is 0.432.